The van der Waals surface area contributed by atoms with Crippen LogP contribution in [0.4, 0.5) is 0 Å². The highest BCUT2D eigenvalue weighted by Gasteiger charge is 2.20. The molecule has 0 bridgehead atoms. The maximum Gasteiger partial charge on any atom is 0.203 e. The minimum Gasteiger partial charge on any atom is -0.369 e. The Kier molecular flexibility index (Phi) is 4.02. The van der Waals surface area contributed by atoms with E-state index in [1.807, 2.05) is 0 Å². The van der Waals surface area contributed by atoms with Gasteiger partial charge in [-0.15, -0.1) is 0 Å². The van der Waals surface area contributed by atoms with Crippen molar-refractivity contribution >= 4 is 5.96 Å². The lowest BCUT2D eigenvalue weighted by Gasteiger charge is -2.27. The molecule has 4 heteroatoms. The number of nitrogens with one attached hydrogen (secondary N) is 1. The number of nitrogens with two attached hydrogens (primary N) is 2. The van der Waals surface area contributed by atoms with Gasteiger partial charge in [-0.25, -0.2) is 5.84 Å². The summed E-state index contributed by atoms with van der Waals surface area (Å²) in [6.45, 7) is 3.11. The predicted octanol–water partition coefficient (Wildman–Crippen LogP) is 0.591. The van der Waals surface area contributed by atoms with E-state index in [-0.39, 0.29) is 0 Å². The van der Waals surface area contributed by atoms with Gasteiger partial charge in [-0.05, 0) is 18.3 Å². The fourth-order valence-corrected chi connectivity index (χ4v) is 1.93. The summed E-state index contributed by atoms with van der Waals surface area (Å²) in [5.74, 6) is 6.94. The van der Waals surface area contributed by atoms with Crippen molar-refractivity contribution < 1.29 is 0 Å². The average molecular weight is 184 g/mol. The smallest absolute Gasteiger partial charge is 0.203 e. The zero-order valence-corrected chi connectivity index (χ0v) is 8.29. The number of aliphatic imine (C=N–C) groups is 1. The number of hydrazine groups is 1. The zero-order chi connectivity index (χ0) is 9.68. The number of rotatable bonds is 2. The lowest BCUT2D eigenvalue weighted by molar-refractivity contribution is 0.263. The summed E-state index contributed by atoms with van der Waals surface area (Å²) in [6, 6.07) is 0. The number of guanidine groups is 1. The normalized spacial score (nSPS) is 30.2. The van der Waals surface area contributed by atoms with E-state index in [2.05, 4.69) is 17.3 Å². The molecule has 2 atom stereocenters. The van der Waals surface area contributed by atoms with E-state index in [1.54, 1.807) is 0 Å². The molecule has 13 heavy (non-hydrogen) atoms. The van der Waals surface area contributed by atoms with Crippen LogP contribution < -0.4 is 17.0 Å². The van der Waals surface area contributed by atoms with Gasteiger partial charge in [0.25, 0.3) is 0 Å². The standard InChI is InChI=1S/C9H20N4/c1-7-4-2-3-5-8(7)6-12-9(10)13-11/h7-8H,2-6,11H2,1H3,(H3,10,12,13). The fourth-order valence-electron chi connectivity index (χ4n) is 1.93. The first-order valence-corrected chi connectivity index (χ1v) is 5.00. The van der Waals surface area contributed by atoms with E-state index < -0.39 is 0 Å². The monoisotopic (exact) mass is 184 g/mol. The Hall–Kier alpha value is -0.770. The molecule has 4 nitrogen and oxygen atoms in total. The Morgan fingerprint density at radius 3 is 2.77 bits per heavy atom. The largest absolute Gasteiger partial charge is 0.369 e. The SMILES string of the molecule is CC1CCCCC1CN=C(N)NN. The van der Waals surface area contributed by atoms with Gasteiger partial charge in [-0.1, -0.05) is 26.2 Å². The molecular weight excluding hydrogens is 164 g/mol. The van der Waals surface area contributed by atoms with Crippen LogP contribution in [-0.2, 0) is 0 Å². The third kappa shape index (κ3) is 3.22. The minimum atomic E-state index is 0.345. The van der Waals surface area contributed by atoms with Crippen molar-refractivity contribution in [2.24, 2.45) is 28.4 Å². The van der Waals surface area contributed by atoms with Crippen LogP contribution >= 0.6 is 0 Å². The molecule has 5 N–H and O–H groups in total. The van der Waals surface area contributed by atoms with Crippen molar-refractivity contribution in [3.05, 3.63) is 0 Å². The molecule has 1 aliphatic carbocycles. The molecule has 0 aromatic rings. The molecule has 0 saturated heterocycles. The molecule has 1 fully saturated rings. The Morgan fingerprint density at radius 1 is 1.46 bits per heavy atom. The van der Waals surface area contributed by atoms with Crippen molar-refractivity contribution in [2.45, 2.75) is 32.6 Å². The van der Waals surface area contributed by atoms with Crippen LogP contribution in [0.25, 0.3) is 0 Å². The fraction of sp³-hybridized carbons (Fsp3) is 0.889. The second-order valence-corrected chi connectivity index (χ2v) is 3.89. The van der Waals surface area contributed by atoms with Crippen LogP contribution in [0, 0.1) is 11.8 Å². The quantitative estimate of drug-likeness (QED) is 0.254. The van der Waals surface area contributed by atoms with Crippen molar-refractivity contribution in [1.82, 2.24) is 5.43 Å². The average Bonchev–Trinajstić information content (AvgIpc) is 2.16. The lowest BCUT2D eigenvalue weighted by atomic mass is 9.80. The second kappa shape index (κ2) is 5.07. The Balaban J connectivity index is 2.34. The Morgan fingerprint density at radius 2 is 2.15 bits per heavy atom. The van der Waals surface area contributed by atoms with E-state index in [9.17, 15) is 0 Å². The zero-order valence-electron chi connectivity index (χ0n) is 8.29. The molecule has 2 unspecified atom stereocenters. The van der Waals surface area contributed by atoms with Gasteiger partial charge in [0.15, 0.2) is 0 Å². The summed E-state index contributed by atoms with van der Waals surface area (Å²) in [7, 11) is 0. The third-order valence-corrected chi connectivity index (χ3v) is 2.93. The van der Waals surface area contributed by atoms with Crippen molar-refractivity contribution in [3.63, 3.8) is 0 Å². The molecule has 0 aromatic heterocycles. The van der Waals surface area contributed by atoms with Crippen LogP contribution in [0.15, 0.2) is 4.99 Å². The lowest BCUT2D eigenvalue weighted by Crippen LogP contribution is -2.37. The number of hydrogen-bond acceptors (Lipinski definition) is 2. The van der Waals surface area contributed by atoms with Crippen LogP contribution in [0.3, 0.4) is 0 Å². The van der Waals surface area contributed by atoms with Gasteiger partial charge >= 0.3 is 0 Å². The molecule has 76 valence electrons. The molecule has 0 spiro atoms. The summed E-state index contributed by atoms with van der Waals surface area (Å²) >= 11 is 0. The van der Waals surface area contributed by atoms with Gasteiger partial charge in [-0.2, -0.15) is 0 Å². The molecule has 0 aliphatic heterocycles. The molecule has 1 rings (SSSR count). The molecule has 1 saturated carbocycles. The van der Waals surface area contributed by atoms with E-state index in [0.717, 1.165) is 12.5 Å². The number of hydrogen-bond donors (Lipinski definition) is 3. The van der Waals surface area contributed by atoms with Crippen LogP contribution in [0.2, 0.25) is 0 Å². The molecule has 0 amide bonds. The van der Waals surface area contributed by atoms with Gasteiger partial charge in [0.1, 0.15) is 0 Å². The second-order valence-electron chi connectivity index (χ2n) is 3.89. The van der Waals surface area contributed by atoms with Gasteiger partial charge in [0.05, 0.1) is 0 Å². The van der Waals surface area contributed by atoms with Crippen molar-refractivity contribution in [2.75, 3.05) is 6.54 Å². The highest BCUT2D eigenvalue weighted by Crippen LogP contribution is 2.29. The highest BCUT2D eigenvalue weighted by atomic mass is 15.3. The van der Waals surface area contributed by atoms with Crippen LogP contribution in [0.5, 0.6) is 0 Å². The summed E-state index contributed by atoms with van der Waals surface area (Å²) < 4.78 is 0. The summed E-state index contributed by atoms with van der Waals surface area (Å²) in [5, 5.41) is 0. The van der Waals surface area contributed by atoms with E-state index in [1.165, 1.54) is 25.7 Å². The van der Waals surface area contributed by atoms with Gasteiger partial charge < -0.3 is 5.73 Å². The summed E-state index contributed by atoms with van der Waals surface area (Å²) in [6.07, 6.45) is 5.31. The van der Waals surface area contributed by atoms with Gasteiger partial charge in [-0.3, -0.25) is 10.4 Å². The van der Waals surface area contributed by atoms with Crippen molar-refractivity contribution in [1.29, 1.82) is 0 Å². The molecule has 0 aromatic carbocycles. The molecule has 1 aliphatic rings. The third-order valence-electron chi connectivity index (χ3n) is 2.93. The van der Waals surface area contributed by atoms with Gasteiger partial charge in [0, 0.05) is 6.54 Å². The first-order valence-electron chi connectivity index (χ1n) is 5.00. The predicted molar refractivity (Wildman–Crippen MR) is 54.9 cm³/mol. The Bertz CT molecular complexity index is 178. The van der Waals surface area contributed by atoms with Crippen molar-refractivity contribution in [3.8, 4) is 0 Å². The van der Waals surface area contributed by atoms with E-state index in [0.29, 0.717) is 11.9 Å². The topological polar surface area (TPSA) is 76.4 Å². The highest BCUT2D eigenvalue weighted by molar-refractivity contribution is 5.77. The summed E-state index contributed by atoms with van der Waals surface area (Å²) in [5.41, 5.74) is 7.80. The molecule has 0 radical (unpaired) electrons. The molecular formula is C9H20N4. The number of nitrogens with zero attached hydrogens (tertiary/aromatic N) is 1. The Labute approximate surface area is 79.7 Å². The minimum absolute atomic E-state index is 0.345. The van der Waals surface area contributed by atoms with Crippen LogP contribution in [-0.4, -0.2) is 12.5 Å². The molecule has 0 heterocycles. The van der Waals surface area contributed by atoms with Gasteiger partial charge in [0.2, 0.25) is 5.96 Å². The summed E-state index contributed by atoms with van der Waals surface area (Å²) in [4.78, 5) is 4.18. The first kappa shape index (κ1) is 10.3. The van der Waals surface area contributed by atoms with E-state index >= 15 is 0 Å². The maximum absolute atomic E-state index is 5.45. The van der Waals surface area contributed by atoms with Crippen LogP contribution in [0.1, 0.15) is 32.6 Å². The first-order chi connectivity index (χ1) is 6.24. The van der Waals surface area contributed by atoms with E-state index in [4.69, 9.17) is 11.6 Å². The maximum atomic E-state index is 5.45.